The number of rotatable bonds is 3. The van der Waals surface area contributed by atoms with E-state index in [2.05, 4.69) is 0 Å². The molecular weight excluding hydrogens is 196 g/mol. The second-order valence-corrected chi connectivity index (χ2v) is 3.75. The van der Waals surface area contributed by atoms with Crippen LogP contribution in [0.3, 0.4) is 0 Å². The third-order valence-corrected chi connectivity index (χ3v) is 2.61. The molecule has 15 heavy (non-hydrogen) atoms. The maximum Gasteiger partial charge on any atom is 0.330 e. The summed E-state index contributed by atoms with van der Waals surface area (Å²) in [5, 5.41) is 8.77. The Balaban J connectivity index is 2.31. The highest BCUT2D eigenvalue weighted by atomic mass is 16.5. The van der Waals surface area contributed by atoms with E-state index in [9.17, 15) is 9.59 Å². The smallest absolute Gasteiger partial charge is 0.330 e. The molecule has 0 saturated heterocycles. The van der Waals surface area contributed by atoms with Gasteiger partial charge in [0.1, 0.15) is 6.10 Å². The summed E-state index contributed by atoms with van der Waals surface area (Å²) in [4.78, 5) is 21.8. The topological polar surface area (TPSA) is 63.6 Å². The molecule has 1 rings (SSSR count). The molecule has 0 heterocycles. The van der Waals surface area contributed by atoms with Gasteiger partial charge in [0.25, 0.3) is 0 Å². The fourth-order valence-electron chi connectivity index (χ4n) is 1.77. The van der Waals surface area contributed by atoms with E-state index in [4.69, 9.17) is 9.84 Å². The van der Waals surface area contributed by atoms with Crippen molar-refractivity contribution in [2.45, 2.75) is 38.7 Å². The van der Waals surface area contributed by atoms with Gasteiger partial charge in [0.15, 0.2) is 0 Å². The van der Waals surface area contributed by atoms with Crippen LogP contribution in [-0.4, -0.2) is 23.1 Å². The largest absolute Gasteiger partial charge is 0.481 e. The lowest BCUT2D eigenvalue weighted by atomic mass is 9.87. The molecule has 1 saturated carbocycles. The summed E-state index contributed by atoms with van der Waals surface area (Å²) in [5.41, 5.74) is 0. The zero-order valence-corrected chi connectivity index (χ0v) is 8.81. The van der Waals surface area contributed by atoms with Crippen molar-refractivity contribution in [1.82, 2.24) is 0 Å². The Bertz CT molecular complexity index is 262. The molecule has 1 fully saturated rings. The Hall–Kier alpha value is -1.32. The van der Waals surface area contributed by atoms with Gasteiger partial charge in [0.2, 0.25) is 0 Å². The molecule has 0 atom stereocenters. The molecule has 0 aromatic carbocycles. The van der Waals surface area contributed by atoms with Crippen molar-refractivity contribution in [2.75, 3.05) is 0 Å². The fraction of sp³-hybridized carbons (Fsp3) is 0.636. The summed E-state index contributed by atoms with van der Waals surface area (Å²) in [6.07, 6.45) is 5.41. The number of ether oxygens (including phenoxy) is 1. The highest BCUT2D eigenvalue weighted by molar-refractivity contribution is 5.81. The van der Waals surface area contributed by atoms with Gasteiger partial charge in [-0.05, 0) is 32.6 Å². The number of hydrogen-bond acceptors (Lipinski definition) is 3. The van der Waals surface area contributed by atoms with Gasteiger partial charge >= 0.3 is 11.9 Å². The molecule has 0 unspecified atom stereocenters. The Morgan fingerprint density at radius 3 is 2.33 bits per heavy atom. The van der Waals surface area contributed by atoms with E-state index in [0.717, 1.165) is 0 Å². The minimum atomic E-state index is -0.742. The van der Waals surface area contributed by atoms with E-state index in [-0.39, 0.29) is 18.0 Å². The number of hydrogen-bond donors (Lipinski definition) is 1. The van der Waals surface area contributed by atoms with Crippen LogP contribution >= 0.6 is 0 Å². The second-order valence-electron chi connectivity index (χ2n) is 3.75. The minimum Gasteiger partial charge on any atom is -0.481 e. The van der Waals surface area contributed by atoms with Crippen LogP contribution in [0.5, 0.6) is 0 Å². The predicted octanol–water partition coefficient (Wildman–Crippen LogP) is 1.75. The highest BCUT2D eigenvalue weighted by Crippen LogP contribution is 2.26. The molecule has 0 aliphatic heterocycles. The van der Waals surface area contributed by atoms with E-state index in [1.54, 1.807) is 13.0 Å². The van der Waals surface area contributed by atoms with Gasteiger partial charge in [-0.3, -0.25) is 4.79 Å². The summed E-state index contributed by atoms with van der Waals surface area (Å²) in [5.74, 6) is -1.34. The van der Waals surface area contributed by atoms with Crippen LogP contribution in [0, 0.1) is 5.92 Å². The van der Waals surface area contributed by atoms with Gasteiger partial charge in [-0.2, -0.15) is 0 Å². The minimum absolute atomic E-state index is 0.107. The molecular formula is C11H16O4. The molecule has 1 N–H and O–H groups in total. The average molecular weight is 212 g/mol. The molecule has 84 valence electrons. The molecule has 4 nitrogen and oxygen atoms in total. The summed E-state index contributed by atoms with van der Waals surface area (Å²) >= 11 is 0. The molecule has 1 aliphatic rings. The molecule has 0 aromatic rings. The summed E-state index contributed by atoms with van der Waals surface area (Å²) in [6.45, 7) is 1.75. The maximum atomic E-state index is 11.1. The first-order chi connectivity index (χ1) is 7.13. The zero-order chi connectivity index (χ0) is 11.3. The second kappa shape index (κ2) is 5.53. The zero-order valence-electron chi connectivity index (χ0n) is 8.81. The first-order valence-corrected chi connectivity index (χ1v) is 5.19. The molecule has 0 radical (unpaired) electrons. The van der Waals surface area contributed by atoms with Crippen molar-refractivity contribution >= 4 is 11.9 Å². The first-order valence-electron chi connectivity index (χ1n) is 5.19. The van der Waals surface area contributed by atoms with Crippen molar-refractivity contribution in [2.24, 2.45) is 5.92 Å². The van der Waals surface area contributed by atoms with Gasteiger partial charge in [0, 0.05) is 6.08 Å². The lowest BCUT2D eigenvalue weighted by Gasteiger charge is -2.25. The summed E-state index contributed by atoms with van der Waals surface area (Å²) < 4.78 is 5.14. The number of esters is 1. The van der Waals surface area contributed by atoms with Crippen molar-refractivity contribution in [1.29, 1.82) is 0 Å². The molecule has 0 spiro atoms. The van der Waals surface area contributed by atoms with Gasteiger partial charge in [-0.25, -0.2) is 4.79 Å². The van der Waals surface area contributed by atoms with E-state index < -0.39 is 5.97 Å². The Morgan fingerprint density at radius 1 is 1.27 bits per heavy atom. The third-order valence-electron chi connectivity index (χ3n) is 2.61. The van der Waals surface area contributed by atoms with Crippen molar-refractivity contribution in [3.63, 3.8) is 0 Å². The maximum absolute atomic E-state index is 11.1. The SMILES string of the molecule is C/C=C/C(=O)O[C@H]1CC[C@H](C(=O)O)CC1. The molecule has 4 heteroatoms. The van der Waals surface area contributed by atoms with Crippen LogP contribution in [0.25, 0.3) is 0 Å². The van der Waals surface area contributed by atoms with Crippen LogP contribution in [0.15, 0.2) is 12.2 Å². The van der Waals surface area contributed by atoms with Crippen LogP contribution in [0.1, 0.15) is 32.6 Å². The molecule has 0 aromatic heterocycles. The average Bonchev–Trinajstić information content (AvgIpc) is 2.18. The van der Waals surface area contributed by atoms with Gasteiger partial charge < -0.3 is 9.84 Å². The Morgan fingerprint density at radius 2 is 1.87 bits per heavy atom. The lowest BCUT2D eigenvalue weighted by molar-refractivity contribution is -0.148. The summed E-state index contributed by atoms with van der Waals surface area (Å²) in [6, 6.07) is 0. The monoisotopic (exact) mass is 212 g/mol. The van der Waals surface area contributed by atoms with Crippen LogP contribution in [0.2, 0.25) is 0 Å². The van der Waals surface area contributed by atoms with Crippen LogP contribution < -0.4 is 0 Å². The molecule has 0 amide bonds. The Labute approximate surface area is 88.9 Å². The number of allylic oxidation sites excluding steroid dienone is 1. The van der Waals surface area contributed by atoms with E-state index in [1.165, 1.54) is 6.08 Å². The fourth-order valence-corrected chi connectivity index (χ4v) is 1.77. The number of carboxylic acid groups (broad SMARTS) is 1. The van der Waals surface area contributed by atoms with Crippen molar-refractivity contribution in [3.05, 3.63) is 12.2 Å². The van der Waals surface area contributed by atoms with Crippen LogP contribution in [-0.2, 0) is 14.3 Å². The van der Waals surface area contributed by atoms with Crippen LogP contribution in [0.4, 0.5) is 0 Å². The summed E-state index contributed by atoms with van der Waals surface area (Å²) in [7, 11) is 0. The van der Waals surface area contributed by atoms with Gasteiger partial charge in [-0.15, -0.1) is 0 Å². The predicted molar refractivity (Wildman–Crippen MR) is 54.3 cm³/mol. The van der Waals surface area contributed by atoms with Crippen molar-refractivity contribution < 1.29 is 19.4 Å². The lowest BCUT2D eigenvalue weighted by Crippen LogP contribution is -2.27. The standard InChI is InChI=1S/C11H16O4/c1-2-3-10(12)15-9-6-4-8(5-7-9)11(13)14/h2-3,8-9H,4-7H2,1H3,(H,13,14)/b3-2+/t8-,9-. The quantitative estimate of drug-likeness (QED) is 0.571. The first kappa shape index (κ1) is 11.8. The van der Waals surface area contributed by atoms with E-state index in [1.807, 2.05) is 0 Å². The number of carboxylic acids is 1. The van der Waals surface area contributed by atoms with E-state index in [0.29, 0.717) is 25.7 Å². The van der Waals surface area contributed by atoms with Gasteiger partial charge in [0.05, 0.1) is 5.92 Å². The number of carbonyl (C=O) groups excluding carboxylic acids is 1. The number of aliphatic carboxylic acids is 1. The Kier molecular flexibility index (Phi) is 4.34. The van der Waals surface area contributed by atoms with Gasteiger partial charge in [-0.1, -0.05) is 6.08 Å². The number of carbonyl (C=O) groups is 2. The molecule has 0 bridgehead atoms. The molecule has 1 aliphatic carbocycles. The normalized spacial score (nSPS) is 26.5. The van der Waals surface area contributed by atoms with E-state index >= 15 is 0 Å². The van der Waals surface area contributed by atoms with Crippen molar-refractivity contribution in [3.8, 4) is 0 Å². The highest BCUT2D eigenvalue weighted by Gasteiger charge is 2.27. The third kappa shape index (κ3) is 3.73.